The Hall–Kier alpha value is -0.240. The van der Waals surface area contributed by atoms with E-state index in [1.807, 2.05) is 6.92 Å². The molecule has 6 heteroatoms. The van der Waals surface area contributed by atoms with Crippen LogP contribution >= 0.6 is 0 Å². The number of rotatable bonds is 14. The molecule has 0 saturated carbocycles. The highest BCUT2D eigenvalue weighted by Gasteiger charge is 1.98. The summed E-state index contributed by atoms with van der Waals surface area (Å²) in [5.74, 6) is 0. The summed E-state index contributed by atoms with van der Waals surface area (Å²) in [6, 6.07) is 0. The minimum atomic E-state index is -0.130. The first-order valence-corrected chi connectivity index (χ1v) is 6.26. The number of hydrogen-bond donors (Lipinski definition) is 1. The highest BCUT2D eigenvalue weighted by molar-refractivity contribution is 4.43. The molecule has 0 saturated heterocycles. The van der Waals surface area contributed by atoms with Gasteiger partial charge in [0.15, 0.2) is 0 Å². The number of methoxy groups -OCH3 is 1. The van der Waals surface area contributed by atoms with Gasteiger partial charge in [-0.1, -0.05) is 0 Å². The molecule has 0 aromatic heterocycles. The van der Waals surface area contributed by atoms with Crippen LogP contribution in [0.3, 0.4) is 0 Å². The first-order valence-electron chi connectivity index (χ1n) is 6.26. The van der Waals surface area contributed by atoms with E-state index < -0.39 is 0 Å². The van der Waals surface area contributed by atoms with Crippen molar-refractivity contribution in [3.8, 4) is 0 Å². The predicted octanol–water partition coefficient (Wildman–Crippen LogP) is 0.0800. The molecule has 0 aliphatic carbocycles. The van der Waals surface area contributed by atoms with E-state index >= 15 is 0 Å². The van der Waals surface area contributed by atoms with E-state index in [1.165, 1.54) is 0 Å². The summed E-state index contributed by atoms with van der Waals surface area (Å²) in [6.45, 7) is 6.26. The van der Waals surface area contributed by atoms with Crippen LogP contribution < -0.4 is 0 Å². The topological polar surface area (TPSA) is 66.4 Å². The summed E-state index contributed by atoms with van der Waals surface area (Å²) >= 11 is 0. The van der Waals surface area contributed by atoms with Crippen LogP contribution in [0.1, 0.15) is 6.92 Å². The third-order valence-corrected chi connectivity index (χ3v) is 2.06. The van der Waals surface area contributed by atoms with Crippen LogP contribution in [-0.2, 0) is 23.7 Å². The van der Waals surface area contributed by atoms with Crippen molar-refractivity contribution in [2.24, 2.45) is 0 Å². The molecular formula is C12H26O6. The number of ether oxygens (including phenoxy) is 5. The van der Waals surface area contributed by atoms with Gasteiger partial charge in [-0.05, 0) is 6.92 Å². The Morgan fingerprint density at radius 1 is 0.778 bits per heavy atom. The van der Waals surface area contributed by atoms with E-state index in [-0.39, 0.29) is 12.7 Å². The van der Waals surface area contributed by atoms with Crippen LogP contribution in [0.25, 0.3) is 0 Å². The molecule has 0 radical (unpaired) electrons. The Bertz CT molecular complexity index is 156. The molecule has 0 unspecified atom stereocenters. The smallest absolute Gasteiger partial charge is 0.0778 e. The highest BCUT2D eigenvalue weighted by Crippen LogP contribution is 1.88. The van der Waals surface area contributed by atoms with Crippen LogP contribution in [0.4, 0.5) is 0 Å². The van der Waals surface area contributed by atoms with Crippen molar-refractivity contribution in [2.45, 2.75) is 13.0 Å². The van der Waals surface area contributed by atoms with E-state index in [0.717, 1.165) is 0 Å². The third-order valence-electron chi connectivity index (χ3n) is 2.06. The predicted molar refractivity (Wildman–Crippen MR) is 66.8 cm³/mol. The fourth-order valence-electron chi connectivity index (χ4n) is 1.05. The Kier molecular flexibility index (Phi) is 14.6. The Morgan fingerprint density at radius 2 is 1.22 bits per heavy atom. The van der Waals surface area contributed by atoms with Gasteiger partial charge in [0.2, 0.25) is 0 Å². The molecule has 1 N–H and O–H groups in total. The van der Waals surface area contributed by atoms with E-state index in [2.05, 4.69) is 0 Å². The van der Waals surface area contributed by atoms with Gasteiger partial charge in [0.25, 0.3) is 0 Å². The number of aliphatic hydroxyl groups is 1. The molecule has 6 nitrogen and oxygen atoms in total. The summed E-state index contributed by atoms with van der Waals surface area (Å²) in [5.41, 5.74) is 0. The largest absolute Gasteiger partial charge is 0.394 e. The number of aliphatic hydroxyl groups excluding tert-OH is 1. The van der Waals surface area contributed by atoms with Crippen LogP contribution in [-0.4, -0.2) is 77.8 Å². The minimum Gasteiger partial charge on any atom is -0.394 e. The molecule has 0 bridgehead atoms. The van der Waals surface area contributed by atoms with E-state index in [1.54, 1.807) is 7.11 Å². The SMILES string of the molecule is COCCOCCOCCOCCO[C@H](C)CO. The van der Waals surface area contributed by atoms with Gasteiger partial charge in [0, 0.05) is 7.11 Å². The normalized spacial score (nSPS) is 12.8. The molecule has 0 fully saturated rings. The lowest BCUT2D eigenvalue weighted by Crippen LogP contribution is -2.17. The van der Waals surface area contributed by atoms with Crippen molar-refractivity contribution in [2.75, 3.05) is 66.6 Å². The molecule has 18 heavy (non-hydrogen) atoms. The quantitative estimate of drug-likeness (QED) is 0.449. The van der Waals surface area contributed by atoms with Gasteiger partial charge >= 0.3 is 0 Å². The van der Waals surface area contributed by atoms with Crippen molar-refractivity contribution in [3.63, 3.8) is 0 Å². The van der Waals surface area contributed by atoms with Gasteiger partial charge in [-0.2, -0.15) is 0 Å². The van der Waals surface area contributed by atoms with Crippen LogP contribution in [0.15, 0.2) is 0 Å². The zero-order valence-corrected chi connectivity index (χ0v) is 11.4. The summed E-state index contributed by atoms with van der Waals surface area (Å²) in [6.07, 6.45) is -0.130. The lowest BCUT2D eigenvalue weighted by molar-refractivity contribution is -0.0282. The monoisotopic (exact) mass is 266 g/mol. The van der Waals surface area contributed by atoms with Crippen LogP contribution in [0.5, 0.6) is 0 Å². The van der Waals surface area contributed by atoms with Crippen LogP contribution in [0, 0.1) is 0 Å². The first kappa shape index (κ1) is 17.8. The summed E-state index contributed by atoms with van der Waals surface area (Å²) in [5, 5.41) is 8.71. The van der Waals surface area contributed by atoms with Gasteiger partial charge in [-0.15, -0.1) is 0 Å². The third kappa shape index (κ3) is 13.8. The second-order valence-corrected chi connectivity index (χ2v) is 3.69. The average molecular weight is 266 g/mol. The van der Waals surface area contributed by atoms with Crippen molar-refractivity contribution < 1.29 is 28.8 Å². The lowest BCUT2D eigenvalue weighted by Gasteiger charge is -2.10. The Balaban J connectivity index is 2.94. The summed E-state index contributed by atoms with van der Waals surface area (Å²) in [7, 11) is 1.64. The molecule has 0 spiro atoms. The molecule has 110 valence electrons. The first-order chi connectivity index (χ1) is 8.81. The van der Waals surface area contributed by atoms with E-state index in [4.69, 9.17) is 28.8 Å². The molecule has 0 rings (SSSR count). The van der Waals surface area contributed by atoms with Crippen molar-refractivity contribution in [1.29, 1.82) is 0 Å². The van der Waals surface area contributed by atoms with Gasteiger partial charge in [-0.3, -0.25) is 0 Å². The summed E-state index contributed by atoms with van der Waals surface area (Å²) < 4.78 is 25.9. The van der Waals surface area contributed by atoms with Crippen molar-refractivity contribution in [1.82, 2.24) is 0 Å². The Morgan fingerprint density at radius 3 is 1.67 bits per heavy atom. The molecule has 0 aromatic rings. The molecule has 0 aromatic carbocycles. The highest BCUT2D eigenvalue weighted by atomic mass is 16.6. The fraction of sp³-hybridized carbons (Fsp3) is 1.00. The number of hydrogen-bond acceptors (Lipinski definition) is 6. The summed E-state index contributed by atoms with van der Waals surface area (Å²) in [4.78, 5) is 0. The van der Waals surface area contributed by atoms with Gasteiger partial charge in [-0.25, -0.2) is 0 Å². The standard InChI is InChI=1S/C12H26O6/c1-12(11-13)18-10-9-17-8-7-16-6-5-15-4-3-14-2/h12-13H,3-11H2,1-2H3/t12-/m1/s1. The zero-order valence-electron chi connectivity index (χ0n) is 11.4. The second kappa shape index (κ2) is 14.8. The maximum absolute atomic E-state index is 8.71. The maximum Gasteiger partial charge on any atom is 0.0778 e. The van der Waals surface area contributed by atoms with Crippen LogP contribution in [0.2, 0.25) is 0 Å². The van der Waals surface area contributed by atoms with Gasteiger partial charge in [0.1, 0.15) is 0 Å². The van der Waals surface area contributed by atoms with E-state index in [0.29, 0.717) is 52.9 Å². The molecule has 0 aliphatic heterocycles. The Labute approximate surface area is 109 Å². The average Bonchev–Trinajstić information content (AvgIpc) is 2.39. The molecule has 0 amide bonds. The minimum absolute atomic E-state index is 0.0339. The molecule has 0 heterocycles. The molecule has 0 aliphatic rings. The van der Waals surface area contributed by atoms with Crippen molar-refractivity contribution in [3.05, 3.63) is 0 Å². The van der Waals surface area contributed by atoms with Gasteiger partial charge in [0.05, 0.1) is 65.6 Å². The van der Waals surface area contributed by atoms with E-state index in [9.17, 15) is 0 Å². The van der Waals surface area contributed by atoms with Gasteiger partial charge < -0.3 is 28.8 Å². The molecular weight excluding hydrogens is 240 g/mol. The molecule has 1 atom stereocenters. The lowest BCUT2D eigenvalue weighted by atomic mass is 10.4. The zero-order chi connectivity index (χ0) is 13.5. The fourth-order valence-corrected chi connectivity index (χ4v) is 1.05. The second-order valence-electron chi connectivity index (χ2n) is 3.69. The van der Waals surface area contributed by atoms with Crippen molar-refractivity contribution >= 4 is 0 Å². The maximum atomic E-state index is 8.71.